The molecule has 0 radical (unpaired) electrons. The summed E-state index contributed by atoms with van der Waals surface area (Å²) in [5.41, 5.74) is 1.66. The molecule has 0 heterocycles. The zero-order valence-corrected chi connectivity index (χ0v) is 14.1. The molecule has 0 aromatic heterocycles. The molecule has 2 aromatic carbocycles. The molecular formula is C20H26N2O2. The Morgan fingerprint density at radius 3 is 1.92 bits per heavy atom. The minimum absolute atomic E-state index is 0.310. The van der Waals surface area contributed by atoms with Crippen molar-refractivity contribution in [1.82, 2.24) is 0 Å². The van der Waals surface area contributed by atoms with E-state index in [4.69, 9.17) is 9.84 Å². The molecule has 0 unspecified atom stereocenters. The van der Waals surface area contributed by atoms with Gasteiger partial charge in [-0.25, -0.2) is 0 Å². The maximum absolute atomic E-state index is 8.71. The SMILES string of the molecule is OCCCCCCCCOc1ccc(/N=N/c2ccccc2)cc1. The summed E-state index contributed by atoms with van der Waals surface area (Å²) >= 11 is 0. The minimum Gasteiger partial charge on any atom is -0.494 e. The third-order valence-electron chi connectivity index (χ3n) is 3.70. The molecule has 0 saturated heterocycles. The Kier molecular flexibility index (Phi) is 8.58. The average molecular weight is 326 g/mol. The first-order valence-corrected chi connectivity index (χ1v) is 8.69. The molecule has 1 N–H and O–H groups in total. The molecule has 0 aliphatic carbocycles. The van der Waals surface area contributed by atoms with E-state index in [1.54, 1.807) is 0 Å². The van der Waals surface area contributed by atoms with Crippen LogP contribution in [0.25, 0.3) is 0 Å². The molecule has 4 nitrogen and oxygen atoms in total. The summed E-state index contributed by atoms with van der Waals surface area (Å²) in [7, 11) is 0. The van der Waals surface area contributed by atoms with Gasteiger partial charge in [0.25, 0.3) is 0 Å². The molecule has 0 fully saturated rings. The Balaban J connectivity index is 1.64. The fraction of sp³-hybridized carbons (Fsp3) is 0.400. The molecule has 24 heavy (non-hydrogen) atoms. The number of azo groups is 1. The van der Waals surface area contributed by atoms with Crippen LogP contribution in [0.4, 0.5) is 11.4 Å². The van der Waals surface area contributed by atoms with Crippen LogP contribution in [-0.2, 0) is 0 Å². The van der Waals surface area contributed by atoms with Crippen LogP contribution < -0.4 is 4.74 Å². The van der Waals surface area contributed by atoms with Gasteiger partial charge < -0.3 is 9.84 Å². The van der Waals surface area contributed by atoms with Gasteiger partial charge >= 0.3 is 0 Å². The van der Waals surface area contributed by atoms with E-state index < -0.39 is 0 Å². The standard InChI is InChI=1S/C20H26N2O2/c23-16-8-3-1-2-4-9-17-24-20-14-12-19(13-15-20)22-21-18-10-6-5-7-11-18/h5-7,10-15,23H,1-4,8-9,16-17H2/b22-21+. The lowest BCUT2D eigenvalue weighted by molar-refractivity contribution is 0.280. The number of aliphatic hydroxyl groups excluding tert-OH is 1. The Hall–Kier alpha value is -2.20. The van der Waals surface area contributed by atoms with Crippen molar-refractivity contribution in [2.24, 2.45) is 10.2 Å². The predicted molar refractivity (Wildman–Crippen MR) is 97.3 cm³/mol. The van der Waals surface area contributed by atoms with Crippen molar-refractivity contribution in [3.8, 4) is 5.75 Å². The van der Waals surface area contributed by atoms with Crippen molar-refractivity contribution in [3.63, 3.8) is 0 Å². The lowest BCUT2D eigenvalue weighted by Gasteiger charge is -2.06. The molecule has 4 heteroatoms. The molecule has 128 valence electrons. The largest absolute Gasteiger partial charge is 0.494 e. The lowest BCUT2D eigenvalue weighted by Crippen LogP contribution is -1.97. The normalized spacial score (nSPS) is 11.0. The first-order valence-electron chi connectivity index (χ1n) is 8.69. The molecular weight excluding hydrogens is 300 g/mol. The van der Waals surface area contributed by atoms with Gasteiger partial charge in [0.2, 0.25) is 0 Å². The number of nitrogens with zero attached hydrogens (tertiary/aromatic N) is 2. The third kappa shape index (κ3) is 7.38. The van der Waals surface area contributed by atoms with Crippen molar-refractivity contribution >= 4 is 11.4 Å². The third-order valence-corrected chi connectivity index (χ3v) is 3.70. The van der Waals surface area contributed by atoms with Crippen molar-refractivity contribution in [2.75, 3.05) is 13.2 Å². The van der Waals surface area contributed by atoms with Gasteiger partial charge in [0, 0.05) is 6.61 Å². The molecule has 0 saturated carbocycles. The van der Waals surface area contributed by atoms with E-state index in [1.165, 1.54) is 19.3 Å². The molecule has 2 rings (SSSR count). The van der Waals surface area contributed by atoms with Gasteiger partial charge in [-0.2, -0.15) is 10.2 Å². The molecule has 0 atom stereocenters. The topological polar surface area (TPSA) is 54.2 Å². The van der Waals surface area contributed by atoms with Gasteiger partial charge in [0.15, 0.2) is 0 Å². The van der Waals surface area contributed by atoms with Crippen LogP contribution >= 0.6 is 0 Å². The van der Waals surface area contributed by atoms with E-state index in [2.05, 4.69) is 10.2 Å². The molecule has 0 amide bonds. The van der Waals surface area contributed by atoms with E-state index in [9.17, 15) is 0 Å². The van der Waals surface area contributed by atoms with E-state index in [-0.39, 0.29) is 0 Å². The van der Waals surface area contributed by atoms with Crippen LogP contribution in [0.1, 0.15) is 38.5 Å². The number of hydrogen-bond donors (Lipinski definition) is 1. The van der Waals surface area contributed by atoms with Crippen LogP contribution in [0.15, 0.2) is 64.8 Å². The average Bonchev–Trinajstić information content (AvgIpc) is 2.64. The second kappa shape index (κ2) is 11.4. The quantitative estimate of drug-likeness (QED) is 0.418. The van der Waals surface area contributed by atoms with Crippen molar-refractivity contribution in [2.45, 2.75) is 38.5 Å². The van der Waals surface area contributed by atoms with E-state index in [1.807, 2.05) is 54.6 Å². The number of rotatable bonds is 11. The Bertz CT molecular complexity index is 582. The van der Waals surface area contributed by atoms with Gasteiger partial charge in [0.1, 0.15) is 5.75 Å². The first-order chi connectivity index (χ1) is 11.9. The van der Waals surface area contributed by atoms with Crippen molar-refractivity contribution < 1.29 is 9.84 Å². The van der Waals surface area contributed by atoms with Crippen LogP contribution in [0, 0.1) is 0 Å². The number of benzene rings is 2. The fourth-order valence-electron chi connectivity index (χ4n) is 2.33. The van der Waals surface area contributed by atoms with Crippen LogP contribution in [0.3, 0.4) is 0 Å². The second-order valence-electron chi connectivity index (χ2n) is 5.72. The van der Waals surface area contributed by atoms with Crippen LogP contribution in [0.5, 0.6) is 5.75 Å². The Labute approximate surface area is 144 Å². The maximum atomic E-state index is 8.71. The summed E-state index contributed by atoms with van der Waals surface area (Å²) in [5, 5.41) is 17.1. The first kappa shape index (κ1) is 18.1. The zero-order valence-electron chi connectivity index (χ0n) is 14.1. The summed E-state index contributed by atoms with van der Waals surface area (Å²) in [6, 6.07) is 17.4. The highest BCUT2D eigenvalue weighted by Crippen LogP contribution is 2.21. The summed E-state index contributed by atoms with van der Waals surface area (Å²) in [6.07, 6.45) is 6.69. The van der Waals surface area contributed by atoms with Crippen molar-refractivity contribution in [3.05, 3.63) is 54.6 Å². The van der Waals surface area contributed by atoms with Gasteiger partial charge in [-0.3, -0.25) is 0 Å². The van der Waals surface area contributed by atoms with E-state index in [0.717, 1.165) is 43.0 Å². The summed E-state index contributed by atoms with van der Waals surface area (Å²) in [4.78, 5) is 0. The van der Waals surface area contributed by atoms with Crippen LogP contribution in [-0.4, -0.2) is 18.3 Å². The smallest absolute Gasteiger partial charge is 0.119 e. The summed E-state index contributed by atoms with van der Waals surface area (Å²) in [6.45, 7) is 1.05. The summed E-state index contributed by atoms with van der Waals surface area (Å²) in [5.74, 6) is 0.869. The van der Waals surface area contributed by atoms with Crippen LogP contribution in [0.2, 0.25) is 0 Å². The fourth-order valence-corrected chi connectivity index (χ4v) is 2.33. The van der Waals surface area contributed by atoms with Crippen molar-refractivity contribution in [1.29, 1.82) is 0 Å². The van der Waals surface area contributed by atoms with Gasteiger partial charge in [-0.1, -0.05) is 43.9 Å². The lowest BCUT2D eigenvalue weighted by atomic mass is 10.1. The van der Waals surface area contributed by atoms with E-state index >= 15 is 0 Å². The molecule has 2 aromatic rings. The molecule has 0 spiro atoms. The van der Waals surface area contributed by atoms with Gasteiger partial charge in [-0.05, 0) is 49.2 Å². The number of unbranched alkanes of at least 4 members (excludes halogenated alkanes) is 5. The predicted octanol–water partition coefficient (Wildman–Crippen LogP) is 5.81. The highest BCUT2D eigenvalue weighted by atomic mass is 16.5. The van der Waals surface area contributed by atoms with Gasteiger partial charge in [0.05, 0.1) is 18.0 Å². The minimum atomic E-state index is 0.310. The summed E-state index contributed by atoms with van der Waals surface area (Å²) < 4.78 is 5.74. The molecule has 0 aliphatic heterocycles. The monoisotopic (exact) mass is 326 g/mol. The highest BCUT2D eigenvalue weighted by Gasteiger charge is 1.96. The van der Waals surface area contributed by atoms with E-state index in [0.29, 0.717) is 6.61 Å². The number of hydrogen-bond acceptors (Lipinski definition) is 4. The molecule has 0 aliphatic rings. The molecule has 0 bridgehead atoms. The maximum Gasteiger partial charge on any atom is 0.119 e. The van der Waals surface area contributed by atoms with Gasteiger partial charge in [-0.15, -0.1) is 0 Å². The Morgan fingerprint density at radius 2 is 1.25 bits per heavy atom. The highest BCUT2D eigenvalue weighted by molar-refractivity contribution is 5.42. The second-order valence-corrected chi connectivity index (χ2v) is 5.72. The number of ether oxygens (including phenoxy) is 1. The number of aliphatic hydroxyl groups is 1. The zero-order chi connectivity index (χ0) is 16.9. The Morgan fingerprint density at radius 1 is 0.667 bits per heavy atom.